The quantitative estimate of drug-likeness (QED) is 0.333. The lowest BCUT2D eigenvalue weighted by Crippen LogP contribution is -2.42. The number of imidazole rings is 1. The molecule has 8 heteroatoms. The Hall–Kier alpha value is -4.46. The van der Waals surface area contributed by atoms with Gasteiger partial charge < -0.3 is 20.9 Å². The molecular formula is C27H25N5O3. The highest BCUT2D eigenvalue weighted by Crippen LogP contribution is 2.21. The Labute approximate surface area is 202 Å². The summed E-state index contributed by atoms with van der Waals surface area (Å²) in [5.74, 6) is -0.239. The minimum absolute atomic E-state index is 0.0697. The van der Waals surface area contributed by atoms with Gasteiger partial charge in [-0.15, -0.1) is 0 Å². The number of fused-ring (bicyclic) bond motifs is 2. The van der Waals surface area contributed by atoms with E-state index in [2.05, 4.69) is 25.9 Å². The van der Waals surface area contributed by atoms with Crippen molar-refractivity contribution < 1.29 is 14.4 Å². The third kappa shape index (κ3) is 5.06. The van der Waals surface area contributed by atoms with Crippen LogP contribution >= 0.6 is 0 Å². The number of anilines is 1. The third-order valence-corrected chi connectivity index (χ3v) is 6.07. The maximum Gasteiger partial charge on any atom is 0.254 e. The molecule has 4 aromatic rings. The second-order valence-corrected chi connectivity index (χ2v) is 8.55. The van der Waals surface area contributed by atoms with Crippen LogP contribution in [0.1, 0.15) is 40.6 Å². The van der Waals surface area contributed by atoms with Gasteiger partial charge in [0.1, 0.15) is 11.9 Å². The van der Waals surface area contributed by atoms with Gasteiger partial charge in [0.25, 0.3) is 5.91 Å². The van der Waals surface area contributed by atoms with E-state index >= 15 is 0 Å². The molecule has 2 heterocycles. The molecule has 4 N–H and O–H groups in total. The predicted octanol–water partition coefficient (Wildman–Crippen LogP) is 3.49. The standard InChI is InChI=1S/C27H25N5O3/c33-24(15-14-22-27(35)31-19-11-5-4-10-18(19)26(34)32-22)28-23(16-17-8-2-1-3-9-17)25-29-20-12-6-7-13-21(20)30-25/h1-13,22-23H,14-16H2,(H,28,33)(H,29,30)(H,31,35)(H,32,34)/t22-,23-/m1/s1. The molecule has 1 aliphatic heterocycles. The van der Waals surface area contributed by atoms with Crippen molar-refractivity contribution in [2.45, 2.75) is 31.3 Å². The average Bonchev–Trinajstić information content (AvgIpc) is 3.26. The first kappa shape index (κ1) is 22.3. The highest BCUT2D eigenvalue weighted by atomic mass is 16.2. The Morgan fingerprint density at radius 1 is 0.943 bits per heavy atom. The average molecular weight is 468 g/mol. The van der Waals surface area contributed by atoms with Crippen LogP contribution in [-0.4, -0.2) is 33.7 Å². The number of hydrogen-bond donors (Lipinski definition) is 4. The minimum Gasteiger partial charge on any atom is -0.346 e. The largest absolute Gasteiger partial charge is 0.346 e. The van der Waals surface area contributed by atoms with Gasteiger partial charge in [-0.1, -0.05) is 54.6 Å². The van der Waals surface area contributed by atoms with Crippen molar-refractivity contribution in [2.24, 2.45) is 0 Å². The summed E-state index contributed by atoms with van der Waals surface area (Å²) in [4.78, 5) is 46.1. The number of aromatic nitrogens is 2. The van der Waals surface area contributed by atoms with E-state index in [4.69, 9.17) is 0 Å². The van der Waals surface area contributed by atoms with Crippen LogP contribution in [0.25, 0.3) is 11.0 Å². The molecule has 176 valence electrons. The topological polar surface area (TPSA) is 116 Å². The first-order valence-corrected chi connectivity index (χ1v) is 11.6. The highest BCUT2D eigenvalue weighted by molar-refractivity contribution is 6.09. The molecule has 0 saturated heterocycles. The molecule has 1 aromatic heterocycles. The fourth-order valence-electron chi connectivity index (χ4n) is 4.26. The number of nitrogens with zero attached hydrogens (tertiary/aromatic N) is 1. The van der Waals surface area contributed by atoms with Gasteiger partial charge in [0.2, 0.25) is 11.8 Å². The van der Waals surface area contributed by atoms with Crippen LogP contribution in [0.4, 0.5) is 5.69 Å². The maximum absolute atomic E-state index is 13.0. The van der Waals surface area contributed by atoms with Crippen LogP contribution in [0.15, 0.2) is 78.9 Å². The van der Waals surface area contributed by atoms with E-state index in [1.165, 1.54) is 0 Å². The number of para-hydroxylation sites is 3. The zero-order chi connectivity index (χ0) is 24.2. The third-order valence-electron chi connectivity index (χ3n) is 6.07. The van der Waals surface area contributed by atoms with Gasteiger partial charge in [0, 0.05) is 6.42 Å². The van der Waals surface area contributed by atoms with Crippen molar-refractivity contribution >= 4 is 34.4 Å². The first-order chi connectivity index (χ1) is 17.1. The minimum atomic E-state index is -0.806. The summed E-state index contributed by atoms with van der Waals surface area (Å²) in [7, 11) is 0. The molecule has 0 fully saturated rings. The zero-order valence-electron chi connectivity index (χ0n) is 19.0. The number of nitrogens with one attached hydrogen (secondary N) is 4. The molecule has 2 atom stereocenters. The molecular weight excluding hydrogens is 442 g/mol. The van der Waals surface area contributed by atoms with E-state index < -0.39 is 6.04 Å². The Morgan fingerprint density at radius 3 is 2.51 bits per heavy atom. The zero-order valence-corrected chi connectivity index (χ0v) is 19.0. The fraction of sp³-hybridized carbons (Fsp3) is 0.185. The number of benzene rings is 3. The molecule has 0 spiro atoms. The number of carbonyl (C=O) groups excluding carboxylic acids is 3. The van der Waals surface area contributed by atoms with Crippen LogP contribution in [-0.2, 0) is 16.0 Å². The van der Waals surface area contributed by atoms with E-state index in [0.717, 1.165) is 16.6 Å². The second-order valence-electron chi connectivity index (χ2n) is 8.55. The summed E-state index contributed by atoms with van der Waals surface area (Å²) in [6, 6.07) is 23.2. The van der Waals surface area contributed by atoms with Gasteiger partial charge in [-0.2, -0.15) is 0 Å². The number of hydrogen-bond acceptors (Lipinski definition) is 4. The molecule has 0 bridgehead atoms. The molecule has 5 rings (SSSR count). The Bertz CT molecular complexity index is 1350. The summed E-state index contributed by atoms with van der Waals surface area (Å²) in [5.41, 5.74) is 3.65. The molecule has 8 nitrogen and oxygen atoms in total. The predicted molar refractivity (Wildman–Crippen MR) is 133 cm³/mol. The van der Waals surface area contributed by atoms with E-state index in [9.17, 15) is 14.4 Å². The van der Waals surface area contributed by atoms with Crippen molar-refractivity contribution in [3.8, 4) is 0 Å². The summed E-state index contributed by atoms with van der Waals surface area (Å²) >= 11 is 0. The van der Waals surface area contributed by atoms with Gasteiger partial charge >= 0.3 is 0 Å². The molecule has 0 radical (unpaired) electrons. The van der Waals surface area contributed by atoms with Gasteiger partial charge in [0.05, 0.1) is 28.3 Å². The van der Waals surface area contributed by atoms with E-state index in [1.807, 2.05) is 54.6 Å². The molecule has 35 heavy (non-hydrogen) atoms. The Kier molecular flexibility index (Phi) is 6.26. The lowest BCUT2D eigenvalue weighted by atomic mass is 10.0. The number of aromatic amines is 1. The lowest BCUT2D eigenvalue weighted by molar-refractivity contribution is -0.122. The van der Waals surface area contributed by atoms with E-state index in [-0.39, 0.29) is 36.6 Å². The van der Waals surface area contributed by atoms with Crippen molar-refractivity contribution in [1.29, 1.82) is 0 Å². The number of rotatable bonds is 7. The van der Waals surface area contributed by atoms with Gasteiger partial charge in [-0.3, -0.25) is 14.4 Å². The van der Waals surface area contributed by atoms with Crippen molar-refractivity contribution in [2.75, 3.05) is 5.32 Å². The second kappa shape index (κ2) is 9.80. The lowest BCUT2D eigenvalue weighted by Gasteiger charge is -2.18. The SMILES string of the molecule is O=C(CC[C@H]1NC(=O)c2ccccc2NC1=O)N[C@H](Cc1ccccc1)c1nc2ccccc2[nH]1. The summed E-state index contributed by atoms with van der Waals surface area (Å²) in [5, 5.41) is 8.57. The van der Waals surface area contributed by atoms with Gasteiger partial charge in [0.15, 0.2) is 0 Å². The normalized spacial score (nSPS) is 16.1. The molecule has 0 aliphatic carbocycles. The molecule has 0 unspecified atom stereocenters. The van der Waals surface area contributed by atoms with Crippen molar-refractivity contribution in [1.82, 2.24) is 20.6 Å². The molecule has 3 amide bonds. The number of carbonyl (C=O) groups is 3. The summed E-state index contributed by atoms with van der Waals surface area (Å²) in [6.45, 7) is 0. The Balaban J connectivity index is 1.28. The highest BCUT2D eigenvalue weighted by Gasteiger charge is 2.28. The summed E-state index contributed by atoms with van der Waals surface area (Å²) in [6.07, 6.45) is 0.804. The molecule has 1 aliphatic rings. The smallest absolute Gasteiger partial charge is 0.254 e. The van der Waals surface area contributed by atoms with Crippen LogP contribution in [0.5, 0.6) is 0 Å². The van der Waals surface area contributed by atoms with Crippen LogP contribution in [0.3, 0.4) is 0 Å². The van der Waals surface area contributed by atoms with E-state index in [0.29, 0.717) is 23.5 Å². The number of H-pyrrole nitrogens is 1. The summed E-state index contributed by atoms with van der Waals surface area (Å²) < 4.78 is 0. The van der Waals surface area contributed by atoms with Crippen LogP contribution in [0, 0.1) is 0 Å². The van der Waals surface area contributed by atoms with Gasteiger partial charge in [-0.05, 0) is 42.7 Å². The maximum atomic E-state index is 13.0. The number of amides is 3. The molecule has 3 aromatic carbocycles. The van der Waals surface area contributed by atoms with E-state index in [1.54, 1.807) is 24.3 Å². The van der Waals surface area contributed by atoms with Gasteiger partial charge in [-0.25, -0.2) is 4.98 Å². The first-order valence-electron chi connectivity index (χ1n) is 11.6. The van der Waals surface area contributed by atoms with Crippen molar-refractivity contribution in [3.63, 3.8) is 0 Å². The van der Waals surface area contributed by atoms with Crippen molar-refractivity contribution in [3.05, 3.63) is 95.8 Å². The monoisotopic (exact) mass is 467 g/mol. The van der Waals surface area contributed by atoms with Crippen LogP contribution in [0.2, 0.25) is 0 Å². The fourth-order valence-corrected chi connectivity index (χ4v) is 4.26. The Morgan fingerprint density at radius 2 is 1.69 bits per heavy atom. The molecule has 0 saturated carbocycles. The van der Waals surface area contributed by atoms with Crippen LogP contribution < -0.4 is 16.0 Å².